The molecule has 0 unspecified atom stereocenters. The summed E-state index contributed by atoms with van der Waals surface area (Å²) in [5.41, 5.74) is 10.9. The highest BCUT2D eigenvalue weighted by Crippen LogP contribution is 2.33. The molecule has 0 saturated heterocycles. The molecule has 2 nitrogen and oxygen atoms in total. The molecule has 2 heteroatoms. The van der Waals surface area contributed by atoms with Gasteiger partial charge < -0.3 is 10.2 Å². The molecular formula is C19H15NO. The number of anilines is 1. The van der Waals surface area contributed by atoms with Gasteiger partial charge in [-0.1, -0.05) is 42.5 Å². The van der Waals surface area contributed by atoms with Gasteiger partial charge in [-0.15, -0.1) is 0 Å². The Morgan fingerprint density at radius 3 is 2.52 bits per heavy atom. The van der Waals surface area contributed by atoms with Gasteiger partial charge in [0.05, 0.1) is 0 Å². The second-order valence-corrected chi connectivity index (χ2v) is 5.31. The van der Waals surface area contributed by atoms with Gasteiger partial charge in [-0.3, -0.25) is 0 Å². The van der Waals surface area contributed by atoms with Crippen molar-refractivity contribution in [3.63, 3.8) is 0 Å². The maximum Gasteiger partial charge on any atom is 0.137 e. The van der Waals surface area contributed by atoms with Gasteiger partial charge in [0.15, 0.2) is 0 Å². The van der Waals surface area contributed by atoms with Crippen molar-refractivity contribution in [2.24, 2.45) is 0 Å². The maximum absolute atomic E-state index is 5.93. The quantitative estimate of drug-likeness (QED) is 0.535. The van der Waals surface area contributed by atoms with Crippen LogP contribution in [0.1, 0.15) is 11.1 Å². The summed E-state index contributed by atoms with van der Waals surface area (Å²) >= 11 is 0. The fourth-order valence-electron chi connectivity index (χ4n) is 2.88. The molecule has 0 saturated carbocycles. The molecule has 0 atom stereocenters. The molecule has 0 amide bonds. The minimum atomic E-state index is 0.728. The number of rotatable bonds is 2. The van der Waals surface area contributed by atoms with Gasteiger partial charge in [-0.05, 0) is 35.7 Å². The van der Waals surface area contributed by atoms with E-state index in [1.165, 1.54) is 16.5 Å². The molecule has 1 heterocycles. The van der Waals surface area contributed by atoms with Gasteiger partial charge in [-0.25, -0.2) is 0 Å². The highest BCUT2D eigenvalue weighted by molar-refractivity contribution is 6.07. The van der Waals surface area contributed by atoms with Crippen LogP contribution >= 0.6 is 0 Å². The summed E-state index contributed by atoms with van der Waals surface area (Å²) in [5, 5.41) is 2.32. The average molecular weight is 273 g/mol. The molecule has 102 valence electrons. The maximum atomic E-state index is 5.93. The number of nitrogen functional groups attached to an aromatic ring is 1. The standard InChI is InChI=1S/C19H15NO/c20-15-9-10-16-18(12-15)21-17-8-4-7-14(19(16)17)11-13-5-2-1-3-6-13/h1-10,12H,11,20H2. The van der Waals surface area contributed by atoms with Crippen LogP contribution in [0.2, 0.25) is 0 Å². The van der Waals surface area contributed by atoms with Crippen LogP contribution in [-0.4, -0.2) is 0 Å². The van der Waals surface area contributed by atoms with E-state index in [4.69, 9.17) is 10.2 Å². The zero-order valence-electron chi connectivity index (χ0n) is 11.5. The molecule has 4 aromatic rings. The van der Waals surface area contributed by atoms with Crippen molar-refractivity contribution in [1.29, 1.82) is 0 Å². The van der Waals surface area contributed by atoms with Gasteiger partial charge in [0.1, 0.15) is 11.2 Å². The summed E-state index contributed by atoms with van der Waals surface area (Å²) in [5.74, 6) is 0. The number of benzene rings is 3. The van der Waals surface area contributed by atoms with Crippen molar-refractivity contribution in [2.45, 2.75) is 6.42 Å². The van der Waals surface area contributed by atoms with Crippen molar-refractivity contribution in [3.05, 3.63) is 77.9 Å². The molecule has 0 aliphatic rings. The summed E-state index contributed by atoms with van der Waals surface area (Å²) in [6, 6.07) is 22.6. The van der Waals surface area contributed by atoms with Crippen molar-refractivity contribution >= 4 is 27.6 Å². The van der Waals surface area contributed by atoms with Crippen LogP contribution in [0.25, 0.3) is 21.9 Å². The normalized spacial score (nSPS) is 11.2. The summed E-state index contributed by atoms with van der Waals surface area (Å²) in [6.07, 6.45) is 0.900. The molecule has 0 fully saturated rings. The summed E-state index contributed by atoms with van der Waals surface area (Å²) in [7, 11) is 0. The Labute approximate surface area is 122 Å². The smallest absolute Gasteiger partial charge is 0.137 e. The highest BCUT2D eigenvalue weighted by Gasteiger charge is 2.11. The van der Waals surface area contributed by atoms with Gasteiger partial charge in [0.25, 0.3) is 0 Å². The number of fused-ring (bicyclic) bond motifs is 3. The molecule has 3 aromatic carbocycles. The topological polar surface area (TPSA) is 39.2 Å². The predicted octanol–water partition coefficient (Wildman–Crippen LogP) is 4.76. The molecule has 4 rings (SSSR count). The van der Waals surface area contributed by atoms with Gasteiger partial charge in [0, 0.05) is 22.5 Å². The fraction of sp³-hybridized carbons (Fsp3) is 0.0526. The van der Waals surface area contributed by atoms with E-state index in [2.05, 4.69) is 30.3 Å². The lowest BCUT2D eigenvalue weighted by atomic mass is 9.99. The van der Waals surface area contributed by atoms with Crippen LogP contribution in [0.4, 0.5) is 5.69 Å². The lowest BCUT2D eigenvalue weighted by Gasteiger charge is -2.03. The second kappa shape index (κ2) is 4.67. The SMILES string of the molecule is Nc1ccc2c(c1)oc1cccc(Cc3ccccc3)c12. The summed E-state index contributed by atoms with van der Waals surface area (Å²) in [6.45, 7) is 0. The zero-order valence-corrected chi connectivity index (χ0v) is 11.5. The highest BCUT2D eigenvalue weighted by atomic mass is 16.3. The van der Waals surface area contributed by atoms with Crippen LogP contribution in [0.15, 0.2) is 71.1 Å². The zero-order chi connectivity index (χ0) is 14.2. The van der Waals surface area contributed by atoms with Crippen LogP contribution in [0.5, 0.6) is 0 Å². The minimum Gasteiger partial charge on any atom is -0.456 e. The first-order valence-electron chi connectivity index (χ1n) is 7.05. The van der Waals surface area contributed by atoms with E-state index in [0.29, 0.717) is 0 Å². The van der Waals surface area contributed by atoms with E-state index in [9.17, 15) is 0 Å². The fourth-order valence-corrected chi connectivity index (χ4v) is 2.88. The van der Waals surface area contributed by atoms with Crippen LogP contribution in [0, 0.1) is 0 Å². The van der Waals surface area contributed by atoms with Crippen molar-refractivity contribution < 1.29 is 4.42 Å². The first-order valence-corrected chi connectivity index (χ1v) is 7.05. The molecule has 2 N–H and O–H groups in total. The Bertz CT molecular complexity index is 922. The third kappa shape index (κ3) is 2.05. The number of hydrogen-bond acceptors (Lipinski definition) is 2. The van der Waals surface area contributed by atoms with Crippen molar-refractivity contribution in [1.82, 2.24) is 0 Å². The van der Waals surface area contributed by atoms with E-state index in [1.54, 1.807) is 0 Å². The van der Waals surface area contributed by atoms with Gasteiger partial charge >= 0.3 is 0 Å². The average Bonchev–Trinajstić information content (AvgIpc) is 2.86. The predicted molar refractivity (Wildman–Crippen MR) is 87.4 cm³/mol. The Morgan fingerprint density at radius 1 is 0.810 bits per heavy atom. The van der Waals surface area contributed by atoms with Crippen molar-refractivity contribution in [2.75, 3.05) is 5.73 Å². The van der Waals surface area contributed by atoms with E-state index >= 15 is 0 Å². The molecule has 0 spiro atoms. The molecule has 0 radical (unpaired) electrons. The van der Waals surface area contributed by atoms with Crippen LogP contribution < -0.4 is 5.73 Å². The van der Waals surface area contributed by atoms with Gasteiger partial charge in [-0.2, -0.15) is 0 Å². The molecule has 0 bridgehead atoms. The minimum absolute atomic E-state index is 0.728. The van der Waals surface area contributed by atoms with Gasteiger partial charge in [0.2, 0.25) is 0 Å². The number of furan rings is 1. The first-order chi connectivity index (χ1) is 10.3. The molecule has 0 aliphatic carbocycles. The molecular weight excluding hydrogens is 258 g/mol. The Balaban J connectivity index is 1.94. The third-order valence-corrected chi connectivity index (χ3v) is 3.84. The second-order valence-electron chi connectivity index (χ2n) is 5.31. The Hall–Kier alpha value is -2.74. The van der Waals surface area contributed by atoms with Crippen LogP contribution in [0.3, 0.4) is 0 Å². The number of nitrogens with two attached hydrogens (primary N) is 1. The largest absolute Gasteiger partial charge is 0.456 e. The Morgan fingerprint density at radius 2 is 1.67 bits per heavy atom. The number of hydrogen-bond donors (Lipinski definition) is 1. The summed E-state index contributed by atoms with van der Waals surface area (Å²) < 4.78 is 5.93. The Kier molecular flexibility index (Phi) is 2.68. The molecule has 21 heavy (non-hydrogen) atoms. The third-order valence-electron chi connectivity index (χ3n) is 3.84. The van der Waals surface area contributed by atoms with Crippen molar-refractivity contribution in [3.8, 4) is 0 Å². The summed E-state index contributed by atoms with van der Waals surface area (Å²) in [4.78, 5) is 0. The monoisotopic (exact) mass is 273 g/mol. The molecule has 0 aliphatic heterocycles. The van der Waals surface area contributed by atoms with E-state index in [1.807, 2.05) is 36.4 Å². The van der Waals surface area contributed by atoms with E-state index in [0.717, 1.165) is 28.7 Å². The van der Waals surface area contributed by atoms with E-state index < -0.39 is 0 Å². The van der Waals surface area contributed by atoms with Crippen LogP contribution in [-0.2, 0) is 6.42 Å². The lowest BCUT2D eigenvalue weighted by molar-refractivity contribution is 0.669. The molecule has 1 aromatic heterocycles. The van der Waals surface area contributed by atoms with E-state index in [-0.39, 0.29) is 0 Å². The first kappa shape index (κ1) is 12.0. The lowest BCUT2D eigenvalue weighted by Crippen LogP contribution is -1.88.